The number of hydrogen-bond donors (Lipinski definition) is 0. The minimum Gasteiger partial charge on any atom is -0.454 e. The van der Waals surface area contributed by atoms with E-state index in [9.17, 15) is 0 Å². The van der Waals surface area contributed by atoms with E-state index in [-0.39, 0.29) is 0 Å². The zero-order valence-corrected chi connectivity index (χ0v) is 47.0. The Hall–Kier alpha value is -11.3. The molecule has 0 bridgehead atoms. The van der Waals surface area contributed by atoms with Gasteiger partial charge in [0.2, 0.25) is 0 Å². The lowest BCUT2D eigenvalue weighted by Crippen LogP contribution is -2.13. The molecule has 13 aromatic carbocycles. The highest BCUT2D eigenvalue weighted by molar-refractivity contribution is 6.29. The zero-order chi connectivity index (χ0) is 56.5. The number of aryl methyl sites for hydroxylation is 2. The highest BCUT2D eigenvalue weighted by Crippen LogP contribution is 2.52. The molecule has 0 saturated heterocycles. The molecule has 0 radical (unpaired) electrons. The fourth-order valence-corrected chi connectivity index (χ4v) is 14.8. The number of rotatable bonds is 8. The molecule has 0 spiro atoms. The molecule has 6 heterocycles. The van der Waals surface area contributed by atoms with E-state index < -0.39 is 0 Å². The Morgan fingerprint density at radius 2 is 0.698 bits per heavy atom. The summed E-state index contributed by atoms with van der Waals surface area (Å²) in [5, 5.41) is 14.2. The van der Waals surface area contributed by atoms with Gasteiger partial charge in [0.15, 0.2) is 11.2 Å². The van der Waals surface area contributed by atoms with Gasteiger partial charge in [0, 0.05) is 87.3 Å². The number of para-hydroxylation sites is 5. The molecule has 86 heavy (non-hydrogen) atoms. The van der Waals surface area contributed by atoms with Crippen molar-refractivity contribution in [3.05, 3.63) is 278 Å². The molecule has 0 amide bonds. The third-order valence-electron chi connectivity index (χ3n) is 18.6. The molecule has 6 aromatic heterocycles. The lowest BCUT2D eigenvalue weighted by atomic mass is 10.00. The van der Waals surface area contributed by atoms with Crippen LogP contribution in [0.25, 0.3) is 142 Å². The zero-order valence-electron chi connectivity index (χ0n) is 47.0. The molecule has 19 aromatic rings. The predicted octanol–water partition coefficient (Wildman–Crippen LogP) is 22.7. The van der Waals surface area contributed by atoms with E-state index >= 15 is 0 Å². The van der Waals surface area contributed by atoms with Gasteiger partial charge in [-0.15, -0.1) is 0 Å². The van der Waals surface area contributed by atoms with Crippen molar-refractivity contribution >= 4 is 154 Å². The van der Waals surface area contributed by atoms with Crippen LogP contribution in [-0.2, 0) is 0 Å². The Balaban J connectivity index is 0.854. The molecule has 6 heteroatoms. The van der Waals surface area contributed by atoms with E-state index in [1.807, 2.05) is 0 Å². The van der Waals surface area contributed by atoms with E-state index in [2.05, 4.69) is 299 Å². The highest BCUT2D eigenvalue weighted by Gasteiger charge is 2.29. The predicted molar refractivity (Wildman–Crippen MR) is 360 cm³/mol. The van der Waals surface area contributed by atoms with Gasteiger partial charge >= 0.3 is 0 Å². The van der Waals surface area contributed by atoms with Crippen LogP contribution in [0.1, 0.15) is 11.1 Å². The second-order valence-electron chi connectivity index (χ2n) is 23.2. The summed E-state index contributed by atoms with van der Waals surface area (Å²) in [7, 11) is 0. The van der Waals surface area contributed by atoms with Gasteiger partial charge in [0.05, 0.1) is 50.2 Å². The summed E-state index contributed by atoms with van der Waals surface area (Å²) in [4.78, 5) is 4.86. The standard InChI is InChI=1S/C80H50N4O2/c1-47-34-38-64-58-25-10-13-32-73(58)85-79(64)75(47)81(52-23-15-22-51(42-52)49-18-5-3-6-19-49)53-36-40-56-60-27-16-29-62-66-46-72-67(45-71(66)83(77(60)62)69(56)43-53)63-30-17-28-61-57-41-37-54(44-70(57)84(72)78(61)63)82(68-31-12-9-24-55(68)50-20-7-4-8-21-50)76-48(2)35-39-65-59-26-11-14-33-74(59)86-80(65)76/h3-46H,1-2H3. The highest BCUT2D eigenvalue weighted by atomic mass is 16.3. The third-order valence-corrected chi connectivity index (χ3v) is 18.6. The summed E-state index contributed by atoms with van der Waals surface area (Å²) in [5.74, 6) is 0. The summed E-state index contributed by atoms with van der Waals surface area (Å²) >= 11 is 0. The van der Waals surface area contributed by atoms with Crippen molar-refractivity contribution in [2.24, 2.45) is 0 Å². The average molecular weight is 1100 g/mol. The maximum absolute atomic E-state index is 6.94. The summed E-state index contributed by atoms with van der Waals surface area (Å²) in [6.45, 7) is 4.41. The minimum absolute atomic E-state index is 0.864. The SMILES string of the molecule is Cc1ccc2c(oc3ccccc32)c1N(c1cccc(-c2ccccc2)c1)c1ccc2c3cccc4c5cc6c(cc5n(c2c1)c34)c1cccc2c3ccc(N(c4ccccc4-c4ccccc4)c4c(C)ccc5c4oc4ccccc45)cc3n6c21. The van der Waals surface area contributed by atoms with Crippen molar-refractivity contribution in [1.29, 1.82) is 0 Å². The van der Waals surface area contributed by atoms with Crippen molar-refractivity contribution < 1.29 is 8.83 Å². The summed E-state index contributed by atoms with van der Waals surface area (Å²) < 4.78 is 18.9. The van der Waals surface area contributed by atoms with Crippen LogP contribution in [0, 0.1) is 13.8 Å². The van der Waals surface area contributed by atoms with E-state index in [0.717, 1.165) is 117 Å². The first-order valence-electron chi connectivity index (χ1n) is 29.6. The Labute approximate surface area is 493 Å². The van der Waals surface area contributed by atoms with Gasteiger partial charge < -0.3 is 27.4 Å². The second-order valence-corrected chi connectivity index (χ2v) is 23.2. The number of fused-ring (bicyclic) bond motifs is 18. The van der Waals surface area contributed by atoms with Gasteiger partial charge in [-0.1, -0.05) is 200 Å². The smallest absolute Gasteiger partial charge is 0.159 e. The Morgan fingerprint density at radius 1 is 0.279 bits per heavy atom. The average Bonchev–Trinajstić information content (AvgIpc) is 1.57. The topological polar surface area (TPSA) is 41.6 Å². The Bertz CT molecular complexity index is 6000. The van der Waals surface area contributed by atoms with Crippen LogP contribution in [0.15, 0.2) is 276 Å². The van der Waals surface area contributed by atoms with Crippen LogP contribution >= 0.6 is 0 Å². The first kappa shape index (κ1) is 47.2. The van der Waals surface area contributed by atoms with Crippen LogP contribution in [0.4, 0.5) is 34.1 Å². The van der Waals surface area contributed by atoms with Crippen molar-refractivity contribution in [2.45, 2.75) is 13.8 Å². The number of benzene rings is 13. The summed E-state index contributed by atoms with van der Waals surface area (Å²) in [5.41, 5.74) is 23.7. The van der Waals surface area contributed by atoms with E-state index in [1.54, 1.807) is 0 Å². The number of anilines is 6. The molecule has 6 nitrogen and oxygen atoms in total. The fourth-order valence-electron chi connectivity index (χ4n) is 14.8. The molecule has 0 aliphatic heterocycles. The lowest BCUT2D eigenvalue weighted by molar-refractivity contribution is 0.668. The Morgan fingerprint density at radius 3 is 1.28 bits per heavy atom. The molecular formula is C80H50N4O2. The van der Waals surface area contributed by atoms with Gasteiger partial charge in [-0.05, 0) is 108 Å². The van der Waals surface area contributed by atoms with E-state index in [0.29, 0.717) is 0 Å². The quantitative estimate of drug-likeness (QED) is 0.152. The van der Waals surface area contributed by atoms with Gasteiger partial charge in [-0.2, -0.15) is 0 Å². The molecule has 0 N–H and O–H groups in total. The molecule has 0 unspecified atom stereocenters. The van der Waals surface area contributed by atoms with E-state index in [4.69, 9.17) is 8.83 Å². The number of hydrogen-bond acceptors (Lipinski definition) is 4. The van der Waals surface area contributed by atoms with Crippen molar-refractivity contribution in [2.75, 3.05) is 9.80 Å². The van der Waals surface area contributed by atoms with Crippen molar-refractivity contribution in [3.63, 3.8) is 0 Å². The summed E-state index contributed by atoms with van der Waals surface area (Å²) in [6, 6.07) is 97.6. The van der Waals surface area contributed by atoms with Crippen LogP contribution in [-0.4, -0.2) is 8.80 Å². The maximum Gasteiger partial charge on any atom is 0.159 e. The first-order chi connectivity index (χ1) is 42.5. The molecule has 0 aliphatic rings. The van der Waals surface area contributed by atoms with Gasteiger partial charge in [-0.3, -0.25) is 0 Å². The minimum atomic E-state index is 0.864. The van der Waals surface area contributed by atoms with Gasteiger partial charge in [0.25, 0.3) is 0 Å². The molecule has 0 atom stereocenters. The first-order valence-corrected chi connectivity index (χ1v) is 29.6. The molecule has 19 rings (SSSR count). The molecular weight excluding hydrogens is 1050 g/mol. The van der Waals surface area contributed by atoms with Crippen LogP contribution in [0.3, 0.4) is 0 Å². The van der Waals surface area contributed by atoms with Crippen LogP contribution < -0.4 is 9.80 Å². The number of furan rings is 2. The van der Waals surface area contributed by atoms with Crippen molar-refractivity contribution in [3.8, 4) is 22.3 Å². The van der Waals surface area contributed by atoms with Crippen molar-refractivity contribution in [1.82, 2.24) is 8.80 Å². The Kier molecular flexibility index (Phi) is 9.65. The van der Waals surface area contributed by atoms with Gasteiger partial charge in [0.1, 0.15) is 11.2 Å². The number of aromatic nitrogens is 2. The maximum atomic E-state index is 6.94. The normalized spacial score (nSPS) is 12.3. The summed E-state index contributed by atoms with van der Waals surface area (Å²) in [6.07, 6.45) is 0. The second kappa shape index (κ2) is 17.6. The lowest BCUT2D eigenvalue weighted by Gasteiger charge is -2.29. The molecule has 402 valence electrons. The van der Waals surface area contributed by atoms with Crippen LogP contribution in [0.5, 0.6) is 0 Å². The molecule has 0 saturated carbocycles. The monoisotopic (exact) mass is 1100 g/mol. The van der Waals surface area contributed by atoms with Gasteiger partial charge in [-0.25, -0.2) is 0 Å². The molecule has 0 aliphatic carbocycles. The number of nitrogens with zero attached hydrogens (tertiary/aromatic N) is 4. The third kappa shape index (κ3) is 6.50. The largest absolute Gasteiger partial charge is 0.454 e. The van der Waals surface area contributed by atoms with Crippen LogP contribution in [0.2, 0.25) is 0 Å². The van der Waals surface area contributed by atoms with E-state index in [1.165, 1.54) is 70.7 Å². The molecule has 0 fully saturated rings. The fraction of sp³-hybridized carbons (Fsp3) is 0.0250.